The fraction of sp³-hybridized carbons (Fsp3) is 0.429. The molecule has 0 spiro atoms. The monoisotopic (exact) mass is 258 g/mol. The first-order chi connectivity index (χ1) is 9.25. The van der Waals surface area contributed by atoms with Crippen LogP contribution in [0.25, 0.3) is 11.0 Å². The van der Waals surface area contributed by atoms with Crippen molar-refractivity contribution in [3.63, 3.8) is 0 Å². The highest BCUT2D eigenvalue weighted by Crippen LogP contribution is 2.29. The molecule has 3 heterocycles. The number of ether oxygens (including phenoxy) is 1. The second kappa shape index (κ2) is 5.01. The zero-order chi connectivity index (χ0) is 13.2. The third-order valence-electron chi connectivity index (χ3n) is 3.72. The van der Waals surface area contributed by atoms with Crippen molar-refractivity contribution in [1.82, 2.24) is 9.97 Å². The number of nitrogen functional groups attached to an aromatic ring is 2. The van der Waals surface area contributed by atoms with Gasteiger partial charge in [-0.3, -0.25) is 4.98 Å². The maximum atomic E-state index is 6.11. The number of pyridine rings is 2. The Morgan fingerprint density at radius 2 is 2.00 bits per heavy atom. The van der Waals surface area contributed by atoms with Crippen LogP contribution in [0.2, 0.25) is 0 Å². The van der Waals surface area contributed by atoms with Gasteiger partial charge < -0.3 is 16.2 Å². The minimum absolute atomic E-state index is 0.549. The Morgan fingerprint density at radius 1 is 1.21 bits per heavy atom. The van der Waals surface area contributed by atoms with Gasteiger partial charge in [0.2, 0.25) is 0 Å². The summed E-state index contributed by atoms with van der Waals surface area (Å²) in [5.41, 5.74) is 15.7. The Bertz CT molecular complexity index is 593. The number of nitrogens with two attached hydrogens (primary N) is 2. The number of nitrogens with zero attached hydrogens (tertiary/aromatic N) is 2. The van der Waals surface area contributed by atoms with Crippen LogP contribution in [0.15, 0.2) is 18.3 Å². The van der Waals surface area contributed by atoms with Gasteiger partial charge in [-0.25, -0.2) is 4.98 Å². The van der Waals surface area contributed by atoms with E-state index in [1.807, 2.05) is 12.1 Å². The van der Waals surface area contributed by atoms with Gasteiger partial charge in [-0.15, -0.1) is 0 Å². The van der Waals surface area contributed by atoms with E-state index in [-0.39, 0.29) is 0 Å². The first-order valence-electron chi connectivity index (χ1n) is 6.62. The first-order valence-corrected chi connectivity index (χ1v) is 6.62. The molecule has 3 rings (SSSR count). The van der Waals surface area contributed by atoms with Crippen LogP contribution in [0, 0.1) is 5.92 Å². The first kappa shape index (κ1) is 12.2. The molecule has 1 fully saturated rings. The SMILES string of the molecule is Nc1c(CC2CCOCC2)nc2cccnc2c1N. The van der Waals surface area contributed by atoms with Crippen molar-refractivity contribution in [3.05, 3.63) is 24.0 Å². The third-order valence-corrected chi connectivity index (χ3v) is 3.72. The van der Waals surface area contributed by atoms with E-state index in [2.05, 4.69) is 9.97 Å². The van der Waals surface area contributed by atoms with E-state index in [0.29, 0.717) is 22.8 Å². The summed E-state index contributed by atoms with van der Waals surface area (Å²) in [5, 5.41) is 0. The van der Waals surface area contributed by atoms with Gasteiger partial charge in [-0.2, -0.15) is 0 Å². The summed E-state index contributed by atoms with van der Waals surface area (Å²) in [5.74, 6) is 0.581. The fourth-order valence-corrected chi connectivity index (χ4v) is 2.56. The lowest BCUT2D eigenvalue weighted by molar-refractivity contribution is 0.0663. The van der Waals surface area contributed by atoms with Gasteiger partial charge in [0.25, 0.3) is 0 Å². The van der Waals surface area contributed by atoms with E-state index in [4.69, 9.17) is 16.2 Å². The molecule has 2 aromatic heterocycles. The Kier molecular flexibility index (Phi) is 3.21. The van der Waals surface area contributed by atoms with E-state index in [0.717, 1.165) is 43.7 Å². The molecule has 19 heavy (non-hydrogen) atoms. The molecule has 0 aliphatic carbocycles. The van der Waals surface area contributed by atoms with Crippen LogP contribution in [0.4, 0.5) is 11.4 Å². The summed E-state index contributed by atoms with van der Waals surface area (Å²) in [6.07, 6.45) is 4.69. The molecule has 0 bridgehead atoms. The normalized spacial score (nSPS) is 16.8. The molecule has 0 atom stereocenters. The van der Waals surface area contributed by atoms with Crippen molar-refractivity contribution in [2.45, 2.75) is 19.3 Å². The fourth-order valence-electron chi connectivity index (χ4n) is 2.56. The molecule has 2 aromatic rings. The average molecular weight is 258 g/mol. The van der Waals surface area contributed by atoms with Crippen LogP contribution < -0.4 is 11.5 Å². The number of anilines is 2. The van der Waals surface area contributed by atoms with Crippen molar-refractivity contribution in [2.24, 2.45) is 5.92 Å². The molecule has 5 heteroatoms. The lowest BCUT2D eigenvalue weighted by atomic mass is 9.94. The molecule has 0 saturated carbocycles. The van der Waals surface area contributed by atoms with Gasteiger partial charge >= 0.3 is 0 Å². The summed E-state index contributed by atoms with van der Waals surface area (Å²) in [6, 6.07) is 3.79. The van der Waals surface area contributed by atoms with Crippen molar-refractivity contribution >= 4 is 22.4 Å². The smallest absolute Gasteiger partial charge is 0.114 e. The Labute approximate surface area is 112 Å². The number of rotatable bonds is 2. The Morgan fingerprint density at radius 3 is 2.79 bits per heavy atom. The molecule has 0 radical (unpaired) electrons. The standard InChI is InChI=1S/C14H18N4O/c15-12-11(8-9-3-6-19-7-4-9)18-10-2-1-5-17-14(10)13(12)16/h1-2,5,9H,3-4,6-8,15H2,(H2,16,18). The van der Waals surface area contributed by atoms with E-state index in [1.54, 1.807) is 6.20 Å². The summed E-state index contributed by atoms with van der Waals surface area (Å²) in [7, 11) is 0. The van der Waals surface area contributed by atoms with Gasteiger partial charge in [-0.1, -0.05) is 0 Å². The van der Waals surface area contributed by atoms with Crippen molar-refractivity contribution in [3.8, 4) is 0 Å². The van der Waals surface area contributed by atoms with Gasteiger partial charge in [0.1, 0.15) is 5.52 Å². The van der Waals surface area contributed by atoms with Gasteiger partial charge in [-0.05, 0) is 37.3 Å². The van der Waals surface area contributed by atoms with E-state index < -0.39 is 0 Å². The molecule has 0 aromatic carbocycles. The highest BCUT2D eigenvalue weighted by atomic mass is 16.5. The summed E-state index contributed by atoms with van der Waals surface area (Å²) in [4.78, 5) is 8.86. The highest BCUT2D eigenvalue weighted by Gasteiger charge is 2.18. The van der Waals surface area contributed by atoms with E-state index in [9.17, 15) is 0 Å². The minimum Gasteiger partial charge on any atom is -0.396 e. The van der Waals surface area contributed by atoms with Crippen LogP contribution >= 0.6 is 0 Å². The topological polar surface area (TPSA) is 87.0 Å². The van der Waals surface area contributed by atoms with Gasteiger partial charge in [0, 0.05) is 19.4 Å². The second-order valence-corrected chi connectivity index (χ2v) is 5.02. The van der Waals surface area contributed by atoms with Crippen LogP contribution in [-0.2, 0) is 11.2 Å². The molecule has 1 aliphatic heterocycles. The van der Waals surface area contributed by atoms with E-state index >= 15 is 0 Å². The predicted molar refractivity (Wildman–Crippen MR) is 75.6 cm³/mol. The quantitative estimate of drug-likeness (QED) is 0.857. The Balaban J connectivity index is 1.96. The lowest BCUT2D eigenvalue weighted by Crippen LogP contribution is -2.19. The second-order valence-electron chi connectivity index (χ2n) is 5.02. The van der Waals surface area contributed by atoms with Crippen molar-refractivity contribution < 1.29 is 4.74 Å². The average Bonchev–Trinajstić information content (AvgIpc) is 2.46. The van der Waals surface area contributed by atoms with Crippen molar-refractivity contribution in [2.75, 3.05) is 24.7 Å². The summed E-state index contributed by atoms with van der Waals surface area (Å²) in [6.45, 7) is 1.66. The molecule has 100 valence electrons. The molecular formula is C14H18N4O. The van der Waals surface area contributed by atoms with Crippen LogP contribution in [0.5, 0.6) is 0 Å². The highest BCUT2D eigenvalue weighted by molar-refractivity contribution is 5.93. The molecular weight excluding hydrogens is 240 g/mol. The molecule has 1 saturated heterocycles. The van der Waals surface area contributed by atoms with Gasteiger partial charge in [0.15, 0.2) is 0 Å². The predicted octanol–water partition coefficient (Wildman–Crippen LogP) is 1.76. The third kappa shape index (κ3) is 2.33. The molecule has 4 N–H and O–H groups in total. The molecule has 5 nitrogen and oxygen atoms in total. The molecule has 0 amide bonds. The summed E-state index contributed by atoms with van der Waals surface area (Å²) >= 11 is 0. The van der Waals surface area contributed by atoms with Crippen LogP contribution in [-0.4, -0.2) is 23.2 Å². The Hall–Kier alpha value is -1.88. The van der Waals surface area contributed by atoms with E-state index in [1.165, 1.54) is 0 Å². The number of aromatic nitrogens is 2. The molecule has 1 aliphatic rings. The van der Waals surface area contributed by atoms with Crippen molar-refractivity contribution in [1.29, 1.82) is 0 Å². The maximum Gasteiger partial charge on any atom is 0.114 e. The van der Waals surface area contributed by atoms with Crippen LogP contribution in [0.1, 0.15) is 18.5 Å². The lowest BCUT2D eigenvalue weighted by Gasteiger charge is -2.22. The number of hydrogen-bond acceptors (Lipinski definition) is 5. The molecule has 0 unspecified atom stereocenters. The van der Waals surface area contributed by atoms with Gasteiger partial charge in [0.05, 0.1) is 22.6 Å². The zero-order valence-corrected chi connectivity index (χ0v) is 10.8. The number of fused-ring (bicyclic) bond motifs is 1. The largest absolute Gasteiger partial charge is 0.396 e. The van der Waals surface area contributed by atoms with Crippen LogP contribution in [0.3, 0.4) is 0 Å². The summed E-state index contributed by atoms with van der Waals surface area (Å²) < 4.78 is 5.38. The number of hydrogen-bond donors (Lipinski definition) is 2. The minimum atomic E-state index is 0.549. The maximum absolute atomic E-state index is 6.11. The zero-order valence-electron chi connectivity index (χ0n) is 10.8.